The lowest BCUT2D eigenvalue weighted by Crippen LogP contribution is -2.06. The molecule has 0 aliphatic heterocycles. The molecule has 0 fully saturated rings. The number of halogens is 3. The van der Waals surface area contributed by atoms with Crippen LogP contribution in [0.4, 0.5) is 13.2 Å². The van der Waals surface area contributed by atoms with E-state index in [2.05, 4.69) is 4.98 Å². The molecule has 0 aliphatic carbocycles. The van der Waals surface area contributed by atoms with E-state index < -0.39 is 11.7 Å². The molecule has 3 aromatic rings. The monoisotopic (exact) mass is 385 g/mol. The van der Waals surface area contributed by atoms with Crippen molar-refractivity contribution in [2.24, 2.45) is 0 Å². The normalized spacial score (nSPS) is 11.8. The molecule has 2 aromatic heterocycles. The third kappa shape index (κ3) is 4.38. The summed E-state index contributed by atoms with van der Waals surface area (Å²) in [4.78, 5) is 16.7. The summed E-state index contributed by atoms with van der Waals surface area (Å²) in [6.45, 7) is 2.11. The molecule has 3 nitrogen and oxygen atoms in total. The maximum absolute atomic E-state index is 12.8. The van der Waals surface area contributed by atoms with Gasteiger partial charge in [-0.3, -0.25) is 4.79 Å². The van der Waals surface area contributed by atoms with Crippen molar-refractivity contribution in [3.05, 3.63) is 50.7 Å². The van der Waals surface area contributed by atoms with E-state index in [1.807, 2.05) is 11.4 Å². The van der Waals surface area contributed by atoms with Gasteiger partial charge < -0.3 is 4.74 Å². The van der Waals surface area contributed by atoms with E-state index in [1.54, 1.807) is 6.92 Å². The first-order valence-corrected chi connectivity index (χ1v) is 9.23. The van der Waals surface area contributed by atoms with Gasteiger partial charge in [-0.1, -0.05) is 0 Å². The molecule has 0 aliphatic rings. The number of thiophene rings is 1. The molecule has 0 atom stereocenters. The summed E-state index contributed by atoms with van der Waals surface area (Å²) < 4.78 is 44.0. The molecule has 8 heteroatoms. The Hall–Kier alpha value is -1.93. The number of esters is 1. The highest BCUT2D eigenvalue weighted by Gasteiger charge is 2.30. The van der Waals surface area contributed by atoms with Crippen LogP contribution >= 0.6 is 22.7 Å². The van der Waals surface area contributed by atoms with Crippen LogP contribution in [0.1, 0.15) is 27.9 Å². The molecule has 0 amide bonds. The maximum Gasteiger partial charge on any atom is 0.416 e. The predicted molar refractivity (Wildman–Crippen MR) is 92.1 cm³/mol. The zero-order valence-corrected chi connectivity index (χ0v) is 14.9. The molecule has 0 radical (unpaired) electrons. The van der Waals surface area contributed by atoms with Crippen LogP contribution in [0.3, 0.4) is 0 Å². The van der Waals surface area contributed by atoms with Crippen LogP contribution in [-0.2, 0) is 28.5 Å². The average Bonchev–Trinajstić information content (AvgIpc) is 3.12. The van der Waals surface area contributed by atoms with Crippen molar-refractivity contribution in [3.8, 4) is 0 Å². The Kier molecular flexibility index (Phi) is 5.10. The van der Waals surface area contributed by atoms with Gasteiger partial charge in [0.1, 0.15) is 0 Å². The summed E-state index contributed by atoms with van der Waals surface area (Å²) in [6.07, 6.45) is -3.61. The van der Waals surface area contributed by atoms with Gasteiger partial charge in [0.05, 0.1) is 33.8 Å². The van der Waals surface area contributed by atoms with Crippen molar-refractivity contribution in [2.45, 2.75) is 25.9 Å². The Morgan fingerprint density at radius 2 is 2.08 bits per heavy atom. The third-order valence-electron chi connectivity index (χ3n) is 3.45. The number of rotatable bonds is 5. The van der Waals surface area contributed by atoms with Gasteiger partial charge in [0.15, 0.2) is 0 Å². The smallest absolute Gasteiger partial charge is 0.416 e. The standard InChI is InChI=1S/C17H14F3NO2S2/c1-2-23-16(22)8-12-5-10(9-24-12)6-15-21-13-7-11(17(18,19)20)3-4-14(13)25-15/h3-5,7,9H,2,6,8H2,1H3. The van der Waals surface area contributed by atoms with Crippen LogP contribution in [0.5, 0.6) is 0 Å². The second kappa shape index (κ2) is 7.13. The minimum absolute atomic E-state index is 0.229. The summed E-state index contributed by atoms with van der Waals surface area (Å²) in [6, 6.07) is 5.52. The molecule has 2 heterocycles. The molecule has 0 saturated heterocycles. The molecule has 0 unspecified atom stereocenters. The lowest BCUT2D eigenvalue weighted by molar-refractivity contribution is -0.142. The number of ether oxygens (including phenoxy) is 1. The van der Waals surface area contributed by atoms with Crippen LogP contribution in [-0.4, -0.2) is 17.6 Å². The average molecular weight is 385 g/mol. The van der Waals surface area contributed by atoms with E-state index in [-0.39, 0.29) is 12.4 Å². The van der Waals surface area contributed by atoms with Crippen molar-refractivity contribution in [1.29, 1.82) is 0 Å². The molecule has 132 valence electrons. The van der Waals surface area contributed by atoms with Gasteiger partial charge in [0.25, 0.3) is 0 Å². The molecule has 0 bridgehead atoms. The first-order chi connectivity index (χ1) is 11.8. The summed E-state index contributed by atoms with van der Waals surface area (Å²) in [5.74, 6) is -0.268. The molecule has 25 heavy (non-hydrogen) atoms. The number of nitrogens with zero attached hydrogens (tertiary/aromatic N) is 1. The van der Waals surface area contributed by atoms with E-state index in [0.717, 1.165) is 32.3 Å². The number of aromatic nitrogens is 1. The van der Waals surface area contributed by atoms with Crippen LogP contribution in [0.15, 0.2) is 29.6 Å². The molecule has 1 aromatic carbocycles. The molecule has 0 N–H and O–H groups in total. The van der Waals surface area contributed by atoms with Gasteiger partial charge in [-0.05, 0) is 42.1 Å². The number of fused-ring (bicyclic) bond motifs is 1. The molecular formula is C17H14F3NO2S2. The topological polar surface area (TPSA) is 39.2 Å². The second-order valence-corrected chi connectivity index (χ2v) is 7.48. The molecular weight excluding hydrogens is 371 g/mol. The number of thiazole rings is 1. The highest BCUT2D eigenvalue weighted by Crippen LogP contribution is 2.33. The van der Waals surface area contributed by atoms with E-state index >= 15 is 0 Å². The van der Waals surface area contributed by atoms with Crippen molar-refractivity contribution < 1.29 is 22.7 Å². The van der Waals surface area contributed by atoms with Crippen molar-refractivity contribution >= 4 is 38.9 Å². The Morgan fingerprint density at radius 1 is 1.28 bits per heavy atom. The first-order valence-electron chi connectivity index (χ1n) is 7.53. The zero-order valence-electron chi connectivity index (χ0n) is 13.2. The van der Waals surface area contributed by atoms with Crippen LogP contribution < -0.4 is 0 Å². The lowest BCUT2D eigenvalue weighted by Gasteiger charge is -2.04. The Bertz CT molecular complexity index is 899. The summed E-state index contributed by atoms with van der Waals surface area (Å²) >= 11 is 2.84. The Morgan fingerprint density at radius 3 is 2.80 bits per heavy atom. The van der Waals surface area contributed by atoms with Crippen molar-refractivity contribution in [2.75, 3.05) is 6.61 Å². The van der Waals surface area contributed by atoms with E-state index in [9.17, 15) is 18.0 Å². The second-order valence-electron chi connectivity index (χ2n) is 5.37. The van der Waals surface area contributed by atoms with Gasteiger partial charge in [-0.15, -0.1) is 22.7 Å². The van der Waals surface area contributed by atoms with Crippen LogP contribution in [0.25, 0.3) is 10.2 Å². The highest BCUT2D eigenvalue weighted by atomic mass is 32.1. The van der Waals surface area contributed by atoms with Gasteiger partial charge in [0.2, 0.25) is 0 Å². The minimum Gasteiger partial charge on any atom is -0.466 e. The van der Waals surface area contributed by atoms with Gasteiger partial charge in [0, 0.05) is 11.3 Å². The number of benzene rings is 1. The maximum atomic E-state index is 12.8. The fourth-order valence-corrected chi connectivity index (χ4v) is 4.22. The Labute approximate surface area is 150 Å². The van der Waals surface area contributed by atoms with Gasteiger partial charge >= 0.3 is 12.1 Å². The van der Waals surface area contributed by atoms with E-state index in [0.29, 0.717) is 18.5 Å². The van der Waals surface area contributed by atoms with Crippen molar-refractivity contribution in [1.82, 2.24) is 4.98 Å². The fourth-order valence-electron chi connectivity index (χ4n) is 2.37. The minimum atomic E-state index is -4.37. The fraction of sp³-hybridized carbons (Fsp3) is 0.294. The summed E-state index contributed by atoms with van der Waals surface area (Å²) in [5, 5.41) is 2.68. The number of hydrogen-bond donors (Lipinski definition) is 0. The predicted octanol–water partition coefficient (Wildman–Crippen LogP) is 5.07. The van der Waals surface area contributed by atoms with E-state index in [4.69, 9.17) is 4.74 Å². The lowest BCUT2D eigenvalue weighted by atomic mass is 10.2. The quantitative estimate of drug-likeness (QED) is 0.576. The number of hydrogen-bond acceptors (Lipinski definition) is 5. The van der Waals surface area contributed by atoms with Crippen LogP contribution in [0.2, 0.25) is 0 Å². The summed E-state index contributed by atoms with van der Waals surface area (Å²) in [7, 11) is 0. The highest BCUT2D eigenvalue weighted by molar-refractivity contribution is 7.18. The number of carbonyl (C=O) groups excluding carboxylic acids is 1. The third-order valence-corrected chi connectivity index (χ3v) is 5.47. The van der Waals surface area contributed by atoms with E-state index in [1.165, 1.54) is 28.7 Å². The molecule has 3 rings (SSSR count). The molecule has 0 spiro atoms. The SMILES string of the molecule is CCOC(=O)Cc1cc(Cc2nc3cc(C(F)(F)F)ccc3s2)cs1. The first kappa shape index (κ1) is 17.9. The van der Waals surface area contributed by atoms with Crippen LogP contribution in [0, 0.1) is 0 Å². The zero-order chi connectivity index (χ0) is 18.0. The van der Waals surface area contributed by atoms with Gasteiger partial charge in [-0.25, -0.2) is 4.98 Å². The Balaban J connectivity index is 1.75. The largest absolute Gasteiger partial charge is 0.466 e. The number of alkyl halides is 3. The molecule has 0 saturated carbocycles. The number of carbonyl (C=O) groups is 1. The summed E-state index contributed by atoms with van der Waals surface area (Å²) in [5.41, 5.74) is 0.653. The van der Waals surface area contributed by atoms with Gasteiger partial charge in [-0.2, -0.15) is 13.2 Å². The van der Waals surface area contributed by atoms with Crippen molar-refractivity contribution in [3.63, 3.8) is 0 Å².